The van der Waals surface area contributed by atoms with E-state index in [1.54, 1.807) is 6.92 Å². The van der Waals surface area contributed by atoms with Crippen molar-refractivity contribution in [2.45, 2.75) is 26.3 Å². The molecule has 1 aromatic rings. The molecule has 110 valence electrons. The van der Waals surface area contributed by atoms with Gasteiger partial charge in [-0.3, -0.25) is 9.69 Å². The van der Waals surface area contributed by atoms with Crippen LogP contribution in [-0.2, 0) is 11.3 Å². The summed E-state index contributed by atoms with van der Waals surface area (Å²) in [7, 11) is 1.88. The Morgan fingerprint density at radius 1 is 1.40 bits per heavy atom. The summed E-state index contributed by atoms with van der Waals surface area (Å²) < 4.78 is 0. The molecule has 5 nitrogen and oxygen atoms in total. The second-order valence-corrected chi connectivity index (χ2v) is 5.46. The molecule has 0 saturated carbocycles. The Labute approximate surface area is 120 Å². The molecule has 1 aliphatic heterocycles. The number of rotatable bonds is 5. The number of aromatic nitrogens is 1. The largest absolute Gasteiger partial charge is 0.373 e. The van der Waals surface area contributed by atoms with Gasteiger partial charge < -0.3 is 10.6 Å². The molecule has 1 amide bonds. The normalized spacial score (nSPS) is 16.9. The van der Waals surface area contributed by atoms with E-state index in [0.717, 1.165) is 44.8 Å². The van der Waals surface area contributed by atoms with Gasteiger partial charge in [0, 0.05) is 33.3 Å². The maximum absolute atomic E-state index is 10.9. The molecule has 0 radical (unpaired) electrons. The van der Waals surface area contributed by atoms with Crippen LogP contribution in [0.25, 0.3) is 0 Å². The van der Waals surface area contributed by atoms with Crippen LogP contribution >= 0.6 is 0 Å². The lowest BCUT2D eigenvalue weighted by Gasteiger charge is -2.31. The van der Waals surface area contributed by atoms with Crippen LogP contribution in [0.3, 0.4) is 0 Å². The Morgan fingerprint density at radius 2 is 2.15 bits per heavy atom. The third kappa shape index (κ3) is 4.49. The number of carbonyl (C=O) groups excluding carboxylic acids is 1. The molecule has 2 rings (SSSR count). The third-order valence-corrected chi connectivity index (χ3v) is 3.83. The fourth-order valence-electron chi connectivity index (χ4n) is 2.56. The second kappa shape index (κ2) is 7.24. The van der Waals surface area contributed by atoms with Crippen molar-refractivity contribution in [2.24, 2.45) is 5.92 Å². The minimum Gasteiger partial charge on any atom is -0.373 e. The van der Waals surface area contributed by atoms with Crippen molar-refractivity contribution in [3.05, 3.63) is 23.9 Å². The van der Waals surface area contributed by atoms with Gasteiger partial charge in [0.05, 0.1) is 0 Å². The van der Waals surface area contributed by atoms with E-state index in [-0.39, 0.29) is 5.91 Å². The summed E-state index contributed by atoms with van der Waals surface area (Å²) in [6, 6.07) is 4.14. The van der Waals surface area contributed by atoms with Crippen molar-refractivity contribution in [3.63, 3.8) is 0 Å². The van der Waals surface area contributed by atoms with Gasteiger partial charge in [0.2, 0.25) is 5.91 Å². The summed E-state index contributed by atoms with van der Waals surface area (Å²) in [4.78, 5) is 17.7. The Kier molecular flexibility index (Phi) is 5.35. The van der Waals surface area contributed by atoms with Gasteiger partial charge in [-0.25, -0.2) is 4.98 Å². The van der Waals surface area contributed by atoms with Crippen LogP contribution in [0.2, 0.25) is 0 Å². The highest BCUT2D eigenvalue weighted by atomic mass is 16.1. The predicted molar refractivity (Wildman–Crippen MR) is 80.5 cm³/mol. The highest BCUT2D eigenvalue weighted by molar-refractivity contribution is 5.72. The van der Waals surface area contributed by atoms with Crippen LogP contribution in [0, 0.1) is 5.92 Å². The van der Waals surface area contributed by atoms with Crippen molar-refractivity contribution in [3.8, 4) is 0 Å². The number of anilines is 1. The average Bonchev–Trinajstić information content (AvgIpc) is 2.47. The Balaban J connectivity index is 1.74. The summed E-state index contributed by atoms with van der Waals surface area (Å²) >= 11 is 0. The molecule has 0 atom stereocenters. The van der Waals surface area contributed by atoms with Crippen LogP contribution in [0.1, 0.15) is 25.3 Å². The lowest BCUT2D eigenvalue weighted by atomic mass is 9.96. The van der Waals surface area contributed by atoms with E-state index in [0.29, 0.717) is 5.92 Å². The van der Waals surface area contributed by atoms with Crippen molar-refractivity contribution in [1.29, 1.82) is 0 Å². The maximum atomic E-state index is 10.9. The van der Waals surface area contributed by atoms with E-state index in [1.807, 2.05) is 19.3 Å². The number of nitrogens with one attached hydrogen (secondary N) is 2. The number of piperidine rings is 1. The molecule has 0 aromatic carbocycles. The van der Waals surface area contributed by atoms with E-state index in [2.05, 4.69) is 26.6 Å². The highest BCUT2D eigenvalue weighted by Gasteiger charge is 2.19. The van der Waals surface area contributed by atoms with Crippen molar-refractivity contribution in [2.75, 3.05) is 32.0 Å². The predicted octanol–water partition coefficient (Wildman–Crippen LogP) is 1.47. The monoisotopic (exact) mass is 276 g/mol. The first kappa shape index (κ1) is 14.8. The fraction of sp³-hybridized carbons (Fsp3) is 0.600. The molecule has 1 saturated heterocycles. The third-order valence-electron chi connectivity index (χ3n) is 3.83. The van der Waals surface area contributed by atoms with E-state index < -0.39 is 0 Å². The Morgan fingerprint density at radius 3 is 2.70 bits per heavy atom. The molecule has 1 fully saturated rings. The minimum atomic E-state index is 0.0723. The van der Waals surface area contributed by atoms with Gasteiger partial charge in [0.15, 0.2) is 0 Å². The molecule has 0 bridgehead atoms. The number of likely N-dealkylation sites (tertiary alicyclic amines) is 1. The van der Waals surface area contributed by atoms with Gasteiger partial charge in [-0.2, -0.15) is 0 Å². The first-order valence-electron chi connectivity index (χ1n) is 7.27. The van der Waals surface area contributed by atoms with Crippen molar-refractivity contribution >= 4 is 11.7 Å². The number of nitrogens with zero attached hydrogens (tertiary/aromatic N) is 2. The van der Waals surface area contributed by atoms with E-state index in [1.165, 1.54) is 5.56 Å². The molecule has 2 heterocycles. The molecule has 0 unspecified atom stereocenters. The van der Waals surface area contributed by atoms with Gasteiger partial charge in [0.1, 0.15) is 5.82 Å². The minimum absolute atomic E-state index is 0.0723. The van der Waals surface area contributed by atoms with E-state index in [9.17, 15) is 4.79 Å². The molecule has 20 heavy (non-hydrogen) atoms. The molecule has 0 aliphatic carbocycles. The lowest BCUT2D eigenvalue weighted by Crippen LogP contribution is -2.37. The smallest absolute Gasteiger partial charge is 0.216 e. The molecule has 1 aromatic heterocycles. The van der Waals surface area contributed by atoms with Crippen LogP contribution < -0.4 is 10.6 Å². The zero-order chi connectivity index (χ0) is 14.4. The molecular formula is C15H24N4O. The van der Waals surface area contributed by atoms with Crippen LogP contribution in [0.15, 0.2) is 18.3 Å². The standard InChI is InChI=1S/C15H24N4O/c1-12(20)17-9-13-5-7-19(8-6-13)11-14-3-4-15(16-2)18-10-14/h3-4,10,13H,5-9,11H2,1-2H3,(H,16,18)(H,17,20). The number of pyridine rings is 1. The molecule has 2 N–H and O–H groups in total. The zero-order valence-corrected chi connectivity index (χ0v) is 12.4. The topological polar surface area (TPSA) is 57.3 Å². The Hall–Kier alpha value is -1.62. The van der Waals surface area contributed by atoms with Gasteiger partial charge in [-0.15, -0.1) is 0 Å². The number of hydrogen-bond acceptors (Lipinski definition) is 4. The summed E-state index contributed by atoms with van der Waals surface area (Å²) in [6.45, 7) is 5.55. The van der Waals surface area contributed by atoms with Gasteiger partial charge >= 0.3 is 0 Å². The van der Waals surface area contributed by atoms with Crippen molar-refractivity contribution in [1.82, 2.24) is 15.2 Å². The van der Waals surface area contributed by atoms with Gasteiger partial charge in [-0.05, 0) is 43.5 Å². The molecule has 1 aliphatic rings. The number of carbonyl (C=O) groups is 1. The summed E-state index contributed by atoms with van der Waals surface area (Å²) in [6.07, 6.45) is 4.25. The number of hydrogen-bond donors (Lipinski definition) is 2. The summed E-state index contributed by atoms with van der Waals surface area (Å²) in [5.74, 6) is 1.60. The molecular weight excluding hydrogens is 252 g/mol. The maximum Gasteiger partial charge on any atom is 0.216 e. The Bertz CT molecular complexity index is 424. The summed E-state index contributed by atoms with van der Waals surface area (Å²) in [5, 5.41) is 5.95. The average molecular weight is 276 g/mol. The van der Waals surface area contributed by atoms with Crippen LogP contribution in [0.4, 0.5) is 5.82 Å². The van der Waals surface area contributed by atoms with Gasteiger partial charge in [-0.1, -0.05) is 6.07 Å². The molecule has 5 heteroatoms. The second-order valence-electron chi connectivity index (χ2n) is 5.46. The van der Waals surface area contributed by atoms with Gasteiger partial charge in [0.25, 0.3) is 0 Å². The first-order valence-corrected chi connectivity index (χ1v) is 7.27. The molecule has 0 spiro atoms. The quantitative estimate of drug-likeness (QED) is 0.855. The van der Waals surface area contributed by atoms with Crippen LogP contribution in [-0.4, -0.2) is 42.5 Å². The fourth-order valence-corrected chi connectivity index (χ4v) is 2.56. The van der Waals surface area contributed by atoms with E-state index >= 15 is 0 Å². The van der Waals surface area contributed by atoms with E-state index in [4.69, 9.17) is 0 Å². The zero-order valence-electron chi connectivity index (χ0n) is 12.4. The first-order chi connectivity index (χ1) is 9.67. The van der Waals surface area contributed by atoms with Crippen LogP contribution in [0.5, 0.6) is 0 Å². The van der Waals surface area contributed by atoms with Crippen molar-refractivity contribution < 1.29 is 4.79 Å². The SMILES string of the molecule is CNc1ccc(CN2CCC(CNC(C)=O)CC2)cn1. The highest BCUT2D eigenvalue weighted by Crippen LogP contribution is 2.18. The summed E-state index contributed by atoms with van der Waals surface area (Å²) in [5.41, 5.74) is 1.25. The number of amides is 1. The lowest BCUT2D eigenvalue weighted by molar-refractivity contribution is -0.119.